The number of fused-ring (bicyclic) bond motifs is 1. The van der Waals surface area contributed by atoms with E-state index in [1.165, 1.54) is 18.3 Å². The van der Waals surface area contributed by atoms with Crippen LogP contribution >= 0.6 is 0 Å². The maximum atomic E-state index is 12.9. The lowest BCUT2D eigenvalue weighted by atomic mass is 9.80. The summed E-state index contributed by atoms with van der Waals surface area (Å²) in [6.07, 6.45) is -2.07. The van der Waals surface area contributed by atoms with Crippen molar-refractivity contribution in [2.45, 2.75) is 40.2 Å². The standard InChI is InChI=1S/C16H22F2N4O2/c1-9(2)12(23)16(3,4)8-19-15(24)10-5-6-11-20-21-14(13(17)18)22(11)7-10/h5-7,9,12-13,23H,8H2,1-4H3,(H,19,24). The Labute approximate surface area is 138 Å². The molecule has 2 aromatic heterocycles. The number of carbonyl (C=O) groups excluding carboxylic acids is 1. The number of nitrogens with one attached hydrogen (secondary N) is 1. The van der Waals surface area contributed by atoms with Crippen LogP contribution in [0.2, 0.25) is 0 Å². The number of rotatable bonds is 6. The van der Waals surface area contributed by atoms with Crippen LogP contribution in [0.5, 0.6) is 0 Å². The molecule has 2 aromatic rings. The van der Waals surface area contributed by atoms with E-state index in [2.05, 4.69) is 15.5 Å². The molecule has 0 aliphatic rings. The molecule has 0 spiro atoms. The predicted molar refractivity (Wildman–Crippen MR) is 84.9 cm³/mol. The number of carbonyl (C=O) groups is 1. The zero-order valence-corrected chi connectivity index (χ0v) is 14.1. The quantitative estimate of drug-likeness (QED) is 0.846. The highest BCUT2D eigenvalue weighted by molar-refractivity contribution is 5.94. The number of nitrogens with zero attached hydrogens (tertiary/aromatic N) is 3. The smallest absolute Gasteiger partial charge is 0.297 e. The molecule has 1 amide bonds. The second kappa shape index (κ2) is 6.80. The molecule has 1 atom stereocenters. The van der Waals surface area contributed by atoms with Crippen molar-refractivity contribution in [3.63, 3.8) is 0 Å². The van der Waals surface area contributed by atoms with Crippen LogP contribution in [0, 0.1) is 11.3 Å². The van der Waals surface area contributed by atoms with Gasteiger partial charge in [0.05, 0.1) is 11.7 Å². The van der Waals surface area contributed by atoms with Crippen LogP contribution in [-0.4, -0.2) is 38.3 Å². The molecule has 2 N–H and O–H groups in total. The largest absolute Gasteiger partial charge is 0.392 e. The van der Waals surface area contributed by atoms with Crippen LogP contribution in [0.15, 0.2) is 18.3 Å². The van der Waals surface area contributed by atoms with Crippen LogP contribution in [0.25, 0.3) is 5.65 Å². The molecular formula is C16H22F2N4O2. The molecular weight excluding hydrogens is 318 g/mol. The number of alkyl halides is 2. The molecule has 1 unspecified atom stereocenters. The summed E-state index contributed by atoms with van der Waals surface area (Å²) < 4.78 is 26.9. The van der Waals surface area contributed by atoms with Gasteiger partial charge in [0.1, 0.15) is 0 Å². The van der Waals surface area contributed by atoms with Crippen LogP contribution < -0.4 is 5.32 Å². The number of hydrogen-bond acceptors (Lipinski definition) is 4. The molecule has 132 valence electrons. The van der Waals surface area contributed by atoms with Crippen molar-refractivity contribution in [2.24, 2.45) is 11.3 Å². The van der Waals surface area contributed by atoms with Crippen LogP contribution in [0.3, 0.4) is 0 Å². The van der Waals surface area contributed by atoms with Crippen molar-refractivity contribution in [1.82, 2.24) is 19.9 Å². The summed E-state index contributed by atoms with van der Waals surface area (Å²) in [6.45, 7) is 7.78. The topological polar surface area (TPSA) is 79.5 Å². The van der Waals surface area contributed by atoms with Gasteiger partial charge in [0.15, 0.2) is 5.65 Å². The van der Waals surface area contributed by atoms with E-state index in [4.69, 9.17) is 0 Å². The van der Waals surface area contributed by atoms with E-state index in [0.29, 0.717) is 0 Å². The minimum absolute atomic E-state index is 0.0545. The van der Waals surface area contributed by atoms with Crippen molar-refractivity contribution >= 4 is 11.6 Å². The third-order valence-electron chi connectivity index (χ3n) is 4.02. The maximum absolute atomic E-state index is 12.9. The lowest BCUT2D eigenvalue weighted by Crippen LogP contribution is -2.43. The lowest BCUT2D eigenvalue weighted by molar-refractivity contribution is 0.0138. The normalized spacial score (nSPS) is 13.7. The summed E-state index contributed by atoms with van der Waals surface area (Å²) in [4.78, 5) is 12.3. The highest BCUT2D eigenvalue weighted by Crippen LogP contribution is 2.25. The van der Waals surface area contributed by atoms with Gasteiger partial charge in [0.25, 0.3) is 12.3 Å². The van der Waals surface area contributed by atoms with Gasteiger partial charge in [-0.15, -0.1) is 10.2 Å². The number of hydrogen-bond donors (Lipinski definition) is 2. The molecule has 0 radical (unpaired) electrons. The summed E-state index contributed by atoms with van der Waals surface area (Å²) in [5, 5.41) is 20.0. The Morgan fingerprint density at radius 2 is 2.00 bits per heavy atom. The molecule has 0 saturated carbocycles. The summed E-state index contributed by atoms with van der Waals surface area (Å²) >= 11 is 0. The Balaban J connectivity index is 2.15. The number of pyridine rings is 1. The fraction of sp³-hybridized carbons (Fsp3) is 0.562. The predicted octanol–water partition coefficient (Wildman–Crippen LogP) is 2.44. The van der Waals surface area contributed by atoms with Crippen molar-refractivity contribution in [3.05, 3.63) is 29.7 Å². The van der Waals surface area contributed by atoms with Gasteiger partial charge < -0.3 is 10.4 Å². The van der Waals surface area contributed by atoms with Gasteiger partial charge in [-0.2, -0.15) is 0 Å². The zero-order chi connectivity index (χ0) is 18.1. The molecule has 8 heteroatoms. The van der Waals surface area contributed by atoms with E-state index in [9.17, 15) is 18.7 Å². The molecule has 0 aromatic carbocycles. The SMILES string of the molecule is CC(C)C(O)C(C)(C)CNC(=O)c1ccc2nnc(C(F)F)n2c1. The first-order chi connectivity index (χ1) is 11.1. The molecule has 0 bridgehead atoms. The van der Waals surface area contributed by atoms with Crippen LogP contribution in [0.4, 0.5) is 8.78 Å². The minimum Gasteiger partial charge on any atom is -0.392 e. The van der Waals surface area contributed by atoms with Gasteiger partial charge >= 0.3 is 0 Å². The average Bonchev–Trinajstić information content (AvgIpc) is 2.94. The molecule has 2 heterocycles. The fourth-order valence-corrected chi connectivity index (χ4v) is 2.61. The highest BCUT2D eigenvalue weighted by Gasteiger charge is 2.30. The first kappa shape index (κ1) is 18.3. The van der Waals surface area contributed by atoms with Crippen molar-refractivity contribution in [2.75, 3.05) is 6.54 Å². The molecule has 2 rings (SSSR count). The van der Waals surface area contributed by atoms with Gasteiger partial charge in [0.2, 0.25) is 5.82 Å². The van der Waals surface area contributed by atoms with E-state index in [0.717, 1.165) is 4.40 Å². The van der Waals surface area contributed by atoms with Gasteiger partial charge in [-0.3, -0.25) is 9.20 Å². The molecule has 0 fully saturated rings. The molecule has 0 aliphatic carbocycles. The van der Waals surface area contributed by atoms with E-state index in [-0.39, 0.29) is 23.7 Å². The van der Waals surface area contributed by atoms with E-state index in [1.807, 2.05) is 27.7 Å². The minimum atomic E-state index is -2.78. The number of amides is 1. The van der Waals surface area contributed by atoms with Crippen molar-refractivity contribution < 1.29 is 18.7 Å². The third-order valence-corrected chi connectivity index (χ3v) is 4.02. The number of aliphatic hydroxyl groups is 1. The number of aliphatic hydroxyl groups excluding tert-OH is 1. The van der Waals surface area contributed by atoms with Gasteiger partial charge in [-0.05, 0) is 18.1 Å². The molecule has 6 nitrogen and oxygen atoms in total. The summed E-state index contributed by atoms with van der Waals surface area (Å²) in [7, 11) is 0. The third kappa shape index (κ3) is 3.69. The maximum Gasteiger partial charge on any atom is 0.297 e. The first-order valence-electron chi connectivity index (χ1n) is 7.72. The molecule has 0 aliphatic heterocycles. The monoisotopic (exact) mass is 340 g/mol. The van der Waals surface area contributed by atoms with E-state index >= 15 is 0 Å². The summed E-state index contributed by atoms with van der Waals surface area (Å²) in [5.74, 6) is -0.857. The summed E-state index contributed by atoms with van der Waals surface area (Å²) in [5.41, 5.74) is -0.0463. The van der Waals surface area contributed by atoms with Crippen LogP contribution in [0.1, 0.15) is 50.3 Å². The Morgan fingerprint density at radius 1 is 1.33 bits per heavy atom. The summed E-state index contributed by atoms with van der Waals surface area (Å²) in [6, 6.07) is 2.96. The molecule has 0 saturated heterocycles. The highest BCUT2D eigenvalue weighted by atomic mass is 19.3. The van der Waals surface area contributed by atoms with E-state index in [1.54, 1.807) is 0 Å². The van der Waals surface area contributed by atoms with Gasteiger partial charge in [0, 0.05) is 18.2 Å². The Hall–Kier alpha value is -2.09. The van der Waals surface area contributed by atoms with Crippen molar-refractivity contribution in [3.8, 4) is 0 Å². The lowest BCUT2D eigenvalue weighted by Gasteiger charge is -2.33. The van der Waals surface area contributed by atoms with Gasteiger partial charge in [-0.1, -0.05) is 27.7 Å². The average molecular weight is 340 g/mol. The Kier molecular flexibility index (Phi) is 5.17. The zero-order valence-electron chi connectivity index (χ0n) is 14.1. The first-order valence-corrected chi connectivity index (χ1v) is 7.72. The molecule has 24 heavy (non-hydrogen) atoms. The second-order valence-electron chi connectivity index (χ2n) is 6.86. The Morgan fingerprint density at radius 3 is 2.58 bits per heavy atom. The number of aromatic nitrogens is 3. The van der Waals surface area contributed by atoms with Crippen molar-refractivity contribution in [1.29, 1.82) is 0 Å². The van der Waals surface area contributed by atoms with E-state index < -0.39 is 29.7 Å². The fourth-order valence-electron chi connectivity index (χ4n) is 2.61. The number of halogens is 2. The Bertz CT molecular complexity index is 728. The van der Waals surface area contributed by atoms with Crippen LogP contribution in [-0.2, 0) is 0 Å². The second-order valence-corrected chi connectivity index (χ2v) is 6.86. The van der Waals surface area contributed by atoms with Gasteiger partial charge in [-0.25, -0.2) is 8.78 Å².